The van der Waals surface area contributed by atoms with Crippen molar-refractivity contribution in [2.24, 2.45) is 0 Å². The summed E-state index contributed by atoms with van der Waals surface area (Å²) in [4.78, 5) is 35.6. The number of esters is 1. The van der Waals surface area contributed by atoms with Gasteiger partial charge in [-0.1, -0.05) is 59.6 Å². The molecule has 0 heterocycles. The van der Waals surface area contributed by atoms with Gasteiger partial charge in [-0.05, 0) is 24.6 Å². The molecule has 148 valence electrons. The highest BCUT2D eigenvalue weighted by molar-refractivity contribution is 6.43. The molecule has 2 N–H and O–H groups in total. The Labute approximate surface area is 173 Å². The van der Waals surface area contributed by atoms with Crippen LogP contribution in [0.3, 0.4) is 0 Å². The predicted octanol–water partition coefficient (Wildman–Crippen LogP) is 4.13. The zero-order valence-electron chi connectivity index (χ0n) is 15.2. The van der Waals surface area contributed by atoms with Crippen LogP contribution in [0, 0.1) is 0 Å². The summed E-state index contributed by atoms with van der Waals surface area (Å²) < 4.78 is 4.91. The number of anilines is 1. The number of rotatable bonds is 8. The third-order valence-corrected chi connectivity index (χ3v) is 4.64. The van der Waals surface area contributed by atoms with Gasteiger partial charge >= 0.3 is 5.97 Å². The molecule has 2 amide bonds. The van der Waals surface area contributed by atoms with E-state index in [1.165, 1.54) is 0 Å². The number of nitrogens with one attached hydrogen (secondary N) is 2. The number of hydrogen-bond donors (Lipinski definition) is 2. The fourth-order valence-corrected chi connectivity index (χ4v) is 2.70. The lowest BCUT2D eigenvalue weighted by atomic mass is 10.1. The van der Waals surface area contributed by atoms with Gasteiger partial charge in [-0.15, -0.1) is 0 Å². The fourth-order valence-electron chi connectivity index (χ4n) is 2.36. The quantitative estimate of drug-likeness (QED) is 0.626. The molecule has 0 saturated carbocycles. The van der Waals surface area contributed by atoms with E-state index in [9.17, 15) is 14.4 Å². The summed E-state index contributed by atoms with van der Waals surface area (Å²) in [6, 6.07) is 14.1. The molecule has 0 aliphatic heterocycles. The first kappa shape index (κ1) is 21.7. The second-order valence-corrected chi connectivity index (χ2v) is 6.80. The van der Waals surface area contributed by atoms with Crippen molar-refractivity contribution in [1.29, 1.82) is 0 Å². The zero-order valence-corrected chi connectivity index (χ0v) is 16.7. The number of halogens is 2. The lowest BCUT2D eigenvalue weighted by Gasteiger charge is -2.14. The summed E-state index contributed by atoms with van der Waals surface area (Å²) in [5, 5.41) is 5.85. The molecule has 0 bridgehead atoms. The van der Waals surface area contributed by atoms with E-state index in [2.05, 4.69) is 10.6 Å². The number of hydrogen-bond acceptors (Lipinski definition) is 4. The van der Waals surface area contributed by atoms with Crippen molar-refractivity contribution in [3.8, 4) is 0 Å². The topological polar surface area (TPSA) is 84.5 Å². The molecule has 0 saturated heterocycles. The van der Waals surface area contributed by atoms with Gasteiger partial charge in [0.05, 0.1) is 28.2 Å². The van der Waals surface area contributed by atoms with Crippen molar-refractivity contribution in [2.45, 2.75) is 25.8 Å². The van der Waals surface area contributed by atoms with E-state index in [1.54, 1.807) is 18.2 Å². The molecule has 0 radical (unpaired) electrons. The molecule has 0 aliphatic rings. The first-order valence-corrected chi connectivity index (χ1v) is 9.36. The molecule has 2 aromatic rings. The molecule has 0 aromatic heterocycles. The monoisotopic (exact) mass is 422 g/mol. The van der Waals surface area contributed by atoms with Gasteiger partial charge in [-0.3, -0.25) is 14.4 Å². The SMILES string of the molecule is C[C@@H](NC(=O)COC(=O)CCC(=O)Nc1cccc(Cl)c1Cl)c1ccccc1. The Morgan fingerprint density at radius 2 is 1.68 bits per heavy atom. The minimum Gasteiger partial charge on any atom is -0.456 e. The third-order valence-electron chi connectivity index (χ3n) is 3.82. The lowest BCUT2D eigenvalue weighted by molar-refractivity contribution is -0.149. The minimum absolute atomic E-state index is 0.107. The summed E-state index contributed by atoms with van der Waals surface area (Å²) in [5.41, 5.74) is 1.31. The van der Waals surface area contributed by atoms with Gasteiger partial charge in [0.15, 0.2) is 6.61 Å². The van der Waals surface area contributed by atoms with Gasteiger partial charge in [0.1, 0.15) is 0 Å². The van der Waals surface area contributed by atoms with Gasteiger partial charge in [0, 0.05) is 6.42 Å². The maximum absolute atomic E-state index is 11.9. The second kappa shape index (κ2) is 10.7. The molecule has 28 heavy (non-hydrogen) atoms. The molecule has 2 rings (SSSR count). The van der Waals surface area contributed by atoms with Crippen LogP contribution in [0.15, 0.2) is 48.5 Å². The average Bonchev–Trinajstić information content (AvgIpc) is 2.69. The summed E-state index contributed by atoms with van der Waals surface area (Å²) in [6.45, 7) is 1.43. The Bertz CT molecular complexity index is 843. The molecular formula is C20H20Cl2N2O4. The Balaban J connectivity index is 1.70. The fraction of sp³-hybridized carbons (Fsp3) is 0.250. The maximum Gasteiger partial charge on any atom is 0.306 e. The van der Waals surface area contributed by atoms with E-state index < -0.39 is 24.4 Å². The van der Waals surface area contributed by atoms with E-state index in [-0.39, 0.29) is 23.9 Å². The predicted molar refractivity (Wildman–Crippen MR) is 108 cm³/mol. The van der Waals surface area contributed by atoms with Gasteiger partial charge < -0.3 is 15.4 Å². The van der Waals surface area contributed by atoms with Gasteiger partial charge in [0.2, 0.25) is 5.91 Å². The largest absolute Gasteiger partial charge is 0.456 e. The van der Waals surface area contributed by atoms with Crippen LogP contribution in [-0.2, 0) is 19.1 Å². The van der Waals surface area contributed by atoms with Crippen LogP contribution in [0.1, 0.15) is 31.4 Å². The van der Waals surface area contributed by atoms with Gasteiger partial charge in [-0.25, -0.2) is 0 Å². The molecule has 8 heteroatoms. The Kier molecular flexibility index (Phi) is 8.29. The van der Waals surface area contributed by atoms with Crippen LogP contribution in [0.5, 0.6) is 0 Å². The van der Waals surface area contributed by atoms with Gasteiger partial charge in [0.25, 0.3) is 5.91 Å². The van der Waals surface area contributed by atoms with Gasteiger partial charge in [-0.2, -0.15) is 0 Å². The van der Waals surface area contributed by atoms with Crippen LogP contribution < -0.4 is 10.6 Å². The van der Waals surface area contributed by atoms with E-state index in [0.717, 1.165) is 5.56 Å². The molecule has 0 unspecified atom stereocenters. The van der Waals surface area contributed by atoms with E-state index in [1.807, 2.05) is 37.3 Å². The maximum atomic E-state index is 11.9. The summed E-state index contributed by atoms with van der Waals surface area (Å²) >= 11 is 11.9. The second-order valence-electron chi connectivity index (χ2n) is 6.01. The normalized spacial score (nSPS) is 11.4. The van der Waals surface area contributed by atoms with Crippen LogP contribution in [-0.4, -0.2) is 24.4 Å². The number of carbonyl (C=O) groups excluding carboxylic acids is 3. The zero-order chi connectivity index (χ0) is 20.5. The molecule has 6 nitrogen and oxygen atoms in total. The molecule has 2 aromatic carbocycles. The van der Waals surface area contributed by atoms with E-state index >= 15 is 0 Å². The Morgan fingerprint density at radius 3 is 2.39 bits per heavy atom. The Morgan fingerprint density at radius 1 is 0.964 bits per heavy atom. The lowest BCUT2D eigenvalue weighted by Crippen LogP contribution is -2.31. The summed E-state index contributed by atoms with van der Waals surface area (Å²) in [7, 11) is 0. The number of ether oxygens (including phenoxy) is 1. The smallest absolute Gasteiger partial charge is 0.306 e. The molecule has 0 spiro atoms. The first-order chi connectivity index (χ1) is 13.4. The summed E-state index contributed by atoms with van der Waals surface area (Å²) in [6.07, 6.45) is -0.269. The van der Waals surface area contributed by atoms with Crippen molar-refractivity contribution < 1.29 is 19.1 Å². The van der Waals surface area contributed by atoms with Crippen molar-refractivity contribution in [3.05, 3.63) is 64.1 Å². The van der Waals surface area contributed by atoms with Crippen molar-refractivity contribution in [3.63, 3.8) is 0 Å². The van der Waals surface area contributed by atoms with Crippen LogP contribution >= 0.6 is 23.2 Å². The summed E-state index contributed by atoms with van der Waals surface area (Å²) in [5.74, 6) is -1.47. The van der Waals surface area contributed by atoms with Crippen LogP contribution in [0.25, 0.3) is 0 Å². The molecule has 1 atom stereocenters. The molecule has 0 fully saturated rings. The third kappa shape index (κ3) is 6.87. The highest BCUT2D eigenvalue weighted by Gasteiger charge is 2.14. The van der Waals surface area contributed by atoms with Crippen molar-refractivity contribution >= 4 is 46.7 Å². The van der Waals surface area contributed by atoms with Crippen LogP contribution in [0.2, 0.25) is 10.0 Å². The van der Waals surface area contributed by atoms with Crippen molar-refractivity contribution in [2.75, 3.05) is 11.9 Å². The minimum atomic E-state index is -0.644. The average molecular weight is 423 g/mol. The van der Waals surface area contributed by atoms with E-state index in [4.69, 9.17) is 27.9 Å². The highest BCUT2D eigenvalue weighted by atomic mass is 35.5. The Hall–Kier alpha value is -2.57. The first-order valence-electron chi connectivity index (χ1n) is 8.60. The van der Waals surface area contributed by atoms with Crippen molar-refractivity contribution in [1.82, 2.24) is 5.32 Å². The highest BCUT2D eigenvalue weighted by Crippen LogP contribution is 2.29. The molecular weight excluding hydrogens is 403 g/mol. The molecule has 0 aliphatic carbocycles. The van der Waals surface area contributed by atoms with E-state index in [0.29, 0.717) is 10.7 Å². The number of amides is 2. The number of carbonyl (C=O) groups is 3. The standard InChI is InChI=1S/C20H20Cl2N2O4/c1-13(14-6-3-2-4-7-14)23-18(26)12-28-19(27)11-10-17(25)24-16-9-5-8-15(21)20(16)22/h2-9,13H,10-12H2,1H3,(H,23,26)(H,24,25)/t13-/m1/s1. The number of benzene rings is 2. The van der Waals surface area contributed by atoms with Crippen LogP contribution in [0.4, 0.5) is 5.69 Å².